The van der Waals surface area contributed by atoms with Gasteiger partial charge in [-0.2, -0.15) is 0 Å². The van der Waals surface area contributed by atoms with Crippen LogP contribution in [-0.2, 0) is 6.42 Å². The molecule has 0 saturated carbocycles. The molecule has 0 unspecified atom stereocenters. The summed E-state index contributed by atoms with van der Waals surface area (Å²) in [6, 6.07) is 6.05. The highest BCUT2D eigenvalue weighted by atomic mass is 32.1. The molecule has 1 aromatic carbocycles. The fourth-order valence-electron chi connectivity index (χ4n) is 1.55. The number of rotatable bonds is 4. The van der Waals surface area contributed by atoms with Crippen LogP contribution in [0.2, 0.25) is 0 Å². The highest BCUT2D eigenvalue weighted by molar-refractivity contribution is 7.14. The summed E-state index contributed by atoms with van der Waals surface area (Å²) in [7, 11) is 1.67. The van der Waals surface area contributed by atoms with Crippen molar-refractivity contribution < 1.29 is 4.74 Å². The van der Waals surface area contributed by atoms with E-state index in [2.05, 4.69) is 10.2 Å². The molecule has 17 heavy (non-hydrogen) atoms. The zero-order valence-electron chi connectivity index (χ0n) is 9.93. The largest absolute Gasteiger partial charge is 0.496 e. The molecule has 90 valence electrons. The average molecular weight is 249 g/mol. The summed E-state index contributed by atoms with van der Waals surface area (Å²) in [5, 5.41) is 10.2. The Balaban J connectivity index is 2.32. The van der Waals surface area contributed by atoms with Gasteiger partial charge in [0.25, 0.3) is 0 Å². The molecule has 0 saturated heterocycles. The van der Waals surface area contributed by atoms with Gasteiger partial charge in [-0.05, 0) is 25.1 Å². The molecule has 4 nitrogen and oxygen atoms in total. The third kappa shape index (κ3) is 2.62. The van der Waals surface area contributed by atoms with Crippen LogP contribution in [0.5, 0.6) is 5.75 Å². The van der Waals surface area contributed by atoms with Crippen molar-refractivity contribution in [2.24, 2.45) is 5.73 Å². The van der Waals surface area contributed by atoms with Crippen LogP contribution in [0.1, 0.15) is 10.6 Å². The van der Waals surface area contributed by atoms with Gasteiger partial charge in [-0.25, -0.2) is 0 Å². The molecule has 0 aliphatic rings. The first-order chi connectivity index (χ1) is 8.24. The topological polar surface area (TPSA) is 61.0 Å². The number of hydrogen-bond acceptors (Lipinski definition) is 5. The van der Waals surface area contributed by atoms with E-state index in [1.807, 2.05) is 25.1 Å². The lowest BCUT2D eigenvalue weighted by Crippen LogP contribution is -2.01. The fourth-order valence-corrected chi connectivity index (χ4v) is 2.40. The number of benzene rings is 1. The van der Waals surface area contributed by atoms with Crippen LogP contribution in [-0.4, -0.2) is 23.9 Å². The maximum Gasteiger partial charge on any atom is 0.147 e. The summed E-state index contributed by atoms with van der Waals surface area (Å²) in [5.74, 6) is 0.873. The molecule has 5 heteroatoms. The first-order valence-electron chi connectivity index (χ1n) is 5.42. The summed E-state index contributed by atoms with van der Waals surface area (Å²) in [5.41, 5.74) is 7.64. The van der Waals surface area contributed by atoms with Gasteiger partial charge in [-0.1, -0.05) is 23.5 Å². The molecule has 1 heterocycles. The van der Waals surface area contributed by atoms with E-state index in [-0.39, 0.29) is 0 Å². The van der Waals surface area contributed by atoms with Gasteiger partial charge in [-0.15, -0.1) is 10.2 Å². The van der Waals surface area contributed by atoms with Crippen LogP contribution in [0.4, 0.5) is 0 Å². The number of aromatic nitrogens is 2. The van der Waals surface area contributed by atoms with E-state index in [0.29, 0.717) is 6.54 Å². The highest BCUT2D eigenvalue weighted by Crippen LogP contribution is 2.28. The minimum absolute atomic E-state index is 0.603. The summed E-state index contributed by atoms with van der Waals surface area (Å²) in [6.07, 6.45) is 0.778. The second kappa shape index (κ2) is 5.25. The van der Waals surface area contributed by atoms with E-state index in [1.165, 1.54) is 0 Å². The molecule has 2 aromatic rings. The molecule has 0 radical (unpaired) electrons. The average Bonchev–Trinajstić information content (AvgIpc) is 2.79. The Morgan fingerprint density at radius 1 is 1.35 bits per heavy atom. The number of aryl methyl sites for hydroxylation is 1. The molecule has 0 aliphatic heterocycles. The lowest BCUT2D eigenvalue weighted by atomic mass is 10.1. The smallest absolute Gasteiger partial charge is 0.147 e. The van der Waals surface area contributed by atoms with Gasteiger partial charge in [0.2, 0.25) is 0 Å². The van der Waals surface area contributed by atoms with Crippen LogP contribution in [0, 0.1) is 6.92 Å². The highest BCUT2D eigenvalue weighted by Gasteiger charge is 2.08. The fraction of sp³-hybridized carbons (Fsp3) is 0.333. The molecule has 0 aliphatic carbocycles. The Morgan fingerprint density at radius 3 is 2.88 bits per heavy atom. The van der Waals surface area contributed by atoms with Crippen molar-refractivity contribution in [2.45, 2.75) is 13.3 Å². The molecule has 0 bridgehead atoms. The lowest BCUT2D eigenvalue weighted by molar-refractivity contribution is 0.412. The third-order valence-electron chi connectivity index (χ3n) is 2.48. The molecule has 0 fully saturated rings. The Labute approximate surface area is 104 Å². The Morgan fingerprint density at radius 2 is 2.18 bits per heavy atom. The maximum absolute atomic E-state index is 5.49. The van der Waals surface area contributed by atoms with Crippen LogP contribution in [0.15, 0.2) is 18.2 Å². The van der Waals surface area contributed by atoms with E-state index < -0.39 is 0 Å². The van der Waals surface area contributed by atoms with Gasteiger partial charge in [0.15, 0.2) is 0 Å². The molecular weight excluding hydrogens is 234 g/mol. The van der Waals surface area contributed by atoms with E-state index in [9.17, 15) is 0 Å². The molecule has 1 aromatic heterocycles. The van der Waals surface area contributed by atoms with Gasteiger partial charge >= 0.3 is 0 Å². The van der Waals surface area contributed by atoms with Gasteiger partial charge < -0.3 is 10.5 Å². The second-order valence-corrected chi connectivity index (χ2v) is 4.79. The van der Waals surface area contributed by atoms with Crippen LogP contribution < -0.4 is 10.5 Å². The number of nitrogens with zero attached hydrogens (tertiary/aromatic N) is 2. The van der Waals surface area contributed by atoms with Gasteiger partial charge in [0, 0.05) is 12.0 Å². The van der Waals surface area contributed by atoms with Crippen molar-refractivity contribution in [2.75, 3.05) is 13.7 Å². The maximum atomic E-state index is 5.49. The first kappa shape index (κ1) is 12.0. The zero-order valence-corrected chi connectivity index (χ0v) is 10.8. The summed E-state index contributed by atoms with van der Waals surface area (Å²) < 4.78 is 5.30. The third-order valence-corrected chi connectivity index (χ3v) is 3.51. The zero-order chi connectivity index (χ0) is 12.3. The molecular formula is C12H15N3OS. The van der Waals surface area contributed by atoms with Crippen molar-refractivity contribution in [1.29, 1.82) is 0 Å². The van der Waals surface area contributed by atoms with E-state index >= 15 is 0 Å². The monoisotopic (exact) mass is 249 g/mol. The van der Waals surface area contributed by atoms with Crippen molar-refractivity contribution in [1.82, 2.24) is 10.2 Å². The van der Waals surface area contributed by atoms with Gasteiger partial charge in [0.05, 0.1) is 7.11 Å². The van der Waals surface area contributed by atoms with E-state index in [1.54, 1.807) is 18.4 Å². The predicted octanol–water partition coefficient (Wildman–Crippen LogP) is 2.02. The SMILES string of the molecule is COc1cc(-c2nnc(CCN)s2)ccc1C. The van der Waals surface area contributed by atoms with Crippen LogP contribution >= 0.6 is 11.3 Å². The molecule has 0 amide bonds. The predicted molar refractivity (Wildman–Crippen MR) is 69.4 cm³/mol. The molecule has 0 spiro atoms. The van der Waals surface area contributed by atoms with Crippen LogP contribution in [0.25, 0.3) is 10.6 Å². The van der Waals surface area contributed by atoms with Crippen molar-refractivity contribution >= 4 is 11.3 Å². The van der Waals surface area contributed by atoms with Crippen LogP contribution in [0.3, 0.4) is 0 Å². The first-order valence-corrected chi connectivity index (χ1v) is 6.23. The summed E-state index contributed by atoms with van der Waals surface area (Å²) in [6.45, 7) is 2.62. The number of ether oxygens (including phenoxy) is 1. The lowest BCUT2D eigenvalue weighted by Gasteiger charge is -2.05. The number of hydrogen-bond donors (Lipinski definition) is 1. The van der Waals surface area contributed by atoms with E-state index in [4.69, 9.17) is 10.5 Å². The van der Waals surface area contributed by atoms with Crippen molar-refractivity contribution in [3.8, 4) is 16.3 Å². The standard InChI is InChI=1S/C12H15N3OS/c1-8-3-4-9(7-10(8)16-2)12-15-14-11(17-12)5-6-13/h3-4,7H,5-6,13H2,1-2H3. The van der Waals surface area contributed by atoms with E-state index in [0.717, 1.165) is 33.3 Å². The number of nitrogens with two attached hydrogens (primary N) is 1. The summed E-state index contributed by atoms with van der Waals surface area (Å²) in [4.78, 5) is 0. The van der Waals surface area contributed by atoms with Gasteiger partial charge in [0.1, 0.15) is 15.8 Å². The van der Waals surface area contributed by atoms with Gasteiger partial charge in [-0.3, -0.25) is 0 Å². The quantitative estimate of drug-likeness (QED) is 0.900. The van der Waals surface area contributed by atoms with Crippen molar-refractivity contribution in [3.63, 3.8) is 0 Å². The molecule has 2 N–H and O–H groups in total. The Bertz CT molecular complexity index is 510. The van der Waals surface area contributed by atoms with Crippen molar-refractivity contribution in [3.05, 3.63) is 28.8 Å². The Hall–Kier alpha value is -1.46. The Kier molecular flexibility index (Phi) is 3.71. The molecule has 0 atom stereocenters. The molecule has 2 rings (SSSR count). The minimum atomic E-state index is 0.603. The second-order valence-electron chi connectivity index (χ2n) is 3.72. The minimum Gasteiger partial charge on any atom is -0.496 e. The summed E-state index contributed by atoms with van der Waals surface area (Å²) >= 11 is 1.58. The number of methoxy groups -OCH3 is 1. The normalized spacial score (nSPS) is 10.5.